The van der Waals surface area contributed by atoms with E-state index in [9.17, 15) is 14.7 Å². The first-order valence-electron chi connectivity index (χ1n) is 5.82. The van der Waals surface area contributed by atoms with Gasteiger partial charge in [-0.25, -0.2) is 4.79 Å². The summed E-state index contributed by atoms with van der Waals surface area (Å²) in [4.78, 5) is 26.3. The predicted molar refractivity (Wildman–Crippen MR) is 64.4 cm³/mol. The summed E-state index contributed by atoms with van der Waals surface area (Å²) in [6.07, 6.45) is -0.563. The van der Waals surface area contributed by atoms with Gasteiger partial charge in [-0.3, -0.25) is 9.36 Å². The standard InChI is InChI=1S/C11H15N3O5/c1-6(16)12-9-2-3-14(11(18)13-9)10-4-7(17)8(5-15)19-10/h2-3,7-8,10,15,17H,4-5H2,1H3,(H,12,13,16,18)/t7-,8+,10+/m1/s1. The van der Waals surface area contributed by atoms with Crippen molar-refractivity contribution in [3.63, 3.8) is 0 Å². The van der Waals surface area contributed by atoms with Crippen LogP contribution < -0.4 is 11.0 Å². The maximum Gasteiger partial charge on any atom is 0.351 e. The molecule has 1 aromatic heterocycles. The number of aliphatic hydroxyl groups excluding tert-OH is 2. The molecule has 1 fully saturated rings. The van der Waals surface area contributed by atoms with Gasteiger partial charge in [0.15, 0.2) is 0 Å². The SMILES string of the molecule is CC(=O)Nc1ccn([C@@H]2C[C@@H](O)[C@H](CO)O2)c(=O)n1. The van der Waals surface area contributed by atoms with Crippen LogP contribution >= 0.6 is 0 Å². The van der Waals surface area contributed by atoms with Crippen molar-refractivity contribution in [2.45, 2.75) is 31.8 Å². The van der Waals surface area contributed by atoms with Crippen LogP contribution in [0.3, 0.4) is 0 Å². The normalized spacial score (nSPS) is 26.4. The minimum Gasteiger partial charge on any atom is -0.394 e. The Morgan fingerprint density at radius 1 is 1.68 bits per heavy atom. The molecule has 0 spiro atoms. The predicted octanol–water partition coefficient (Wildman–Crippen LogP) is -1.16. The van der Waals surface area contributed by atoms with E-state index in [2.05, 4.69) is 10.3 Å². The molecule has 0 aliphatic carbocycles. The molecule has 0 aromatic carbocycles. The summed E-state index contributed by atoms with van der Waals surface area (Å²) in [5.41, 5.74) is -0.595. The Hall–Kier alpha value is -1.77. The van der Waals surface area contributed by atoms with Gasteiger partial charge < -0.3 is 20.3 Å². The number of hydrogen-bond donors (Lipinski definition) is 3. The fourth-order valence-corrected chi connectivity index (χ4v) is 1.93. The van der Waals surface area contributed by atoms with Crippen molar-refractivity contribution in [2.24, 2.45) is 0 Å². The molecule has 19 heavy (non-hydrogen) atoms. The Bertz CT molecular complexity index is 529. The van der Waals surface area contributed by atoms with Crippen molar-refractivity contribution in [1.29, 1.82) is 0 Å². The first kappa shape index (κ1) is 13.7. The third-order valence-electron chi connectivity index (χ3n) is 2.83. The van der Waals surface area contributed by atoms with Gasteiger partial charge in [-0.15, -0.1) is 0 Å². The van der Waals surface area contributed by atoms with E-state index < -0.39 is 24.1 Å². The first-order valence-corrected chi connectivity index (χ1v) is 5.82. The second kappa shape index (κ2) is 5.47. The second-order valence-electron chi connectivity index (χ2n) is 4.30. The fraction of sp³-hybridized carbons (Fsp3) is 0.545. The van der Waals surface area contributed by atoms with E-state index >= 15 is 0 Å². The number of nitrogens with zero attached hydrogens (tertiary/aromatic N) is 2. The molecule has 0 saturated carbocycles. The molecule has 0 unspecified atom stereocenters. The third-order valence-corrected chi connectivity index (χ3v) is 2.83. The van der Waals surface area contributed by atoms with Crippen molar-refractivity contribution >= 4 is 11.7 Å². The molecule has 1 saturated heterocycles. The molecule has 1 amide bonds. The Morgan fingerprint density at radius 2 is 2.42 bits per heavy atom. The summed E-state index contributed by atoms with van der Waals surface area (Å²) in [5.74, 6) is -0.163. The van der Waals surface area contributed by atoms with Gasteiger partial charge in [0, 0.05) is 19.5 Å². The molecule has 8 heteroatoms. The number of hydrogen-bond acceptors (Lipinski definition) is 6. The highest BCUT2D eigenvalue weighted by Gasteiger charge is 2.34. The molecular weight excluding hydrogens is 254 g/mol. The largest absolute Gasteiger partial charge is 0.394 e. The van der Waals surface area contributed by atoms with E-state index in [4.69, 9.17) is 9.84 Å². The van der Waals surface area contributed by atoms with Crippen molar-refractivity contribution < 1.29 is 19.7 Å². The molecule has 2 rings (SSSR count). The lowest BCUT2D eigenvalue weighted by Crippen LogP contribution is -2.28. The molecule has 0 bridgehead atoms. The van der Waals surface area contributed by atoms with Crippen molar-refractivity contribution in [2.75, 3.05) is 11.9 Å². The van der Waals surface area contributed by atoms with Gasteiger partial charge in [-0.05, 0) is 6.07 Å². The van der Waals surface area contributed by atoms with Crippen LogP contribution in [0.25, 0.3) is 0 Å². The number of amides is 1. The van der Waals surface area contributed by atoms with Crippen molar-refractivity contribution in [1.82, 2.24) is 9.55 Å². The van der Waals surface area contributed by atoms with E-state index in [-0.39, 0.29) is 24.8 Å². The topological polar surface area (TPSA) is 114 Å². The molecule has 1 aliphatic heterocycles. The van der Waals surface area contributed by atoms with Gasteiger partial charge in [0.05, 0.1) is 12.7 Å². The summed E-state index contributed by atoms with van der Waals surface area (Å²) < 4.78 is 6.56. The zero-order chi connectivity index (χ0) is 14.0. The smallest absolute Gasteiger partial charge is 0.351 e. The summed E-state index contributed by atoms with van der Waals surface area (Å²) in [7, 11) is 0. The van der Waals surface area contributed by atoms with Crippen LogP contribution in [0.2, 0.25) is 0 Å². The summed E-state index contributed by atoms with van der Waals surface area (Å²) in [6.45, 7) is 0.999. The van der Waals surface area contributed by atoms with E-state index in [1.807, 2.05) is 0 Å². The molecule has 2 heterocycles. The van der Waals surface area contributed by atoms with Crippen LogP contribution in [0.1, 0.15) is 19.6 Å². The number of rotatable bonds is 3. The maximum absolute atomic E-state index is 11.8. The molecule has 1 aromatic rings. The number of aliphatic hydroxyl groups is 2. The van der Waals surface area contributed by atoms with Gasteiger partial charge in [0.25, 0.3) is 0 Å². The van der Waals surface area contributed by atoms with Gasteiger partial charge in [-0.1, -0.05) is 0 Å². The Kier molecular flexibility index (Phi) is 3.93. The molecular formula is C11H15N3O5. The number of aromatic nitrogens is 2. The zero-order valence-electron chi connectivity index (χ0n) is 10.3. The molecule has 1 aliphatic rings. The molecule has 104 valence electrons. The van der Waals surface area contributed by atoms with Crippen LogP contribution in [0.5, 0.6) is 0 Å². The zero-order valence-corrected chi connectivity index (χ0v) is 10.3. The summed E-state index contributed by atoms with van der Waals surface area (Å²) in [6, 6.07) is 1.46. The summed E-state index contributed by atoms with van der Waals surface area (Å²) >= 11 is 0. The highest BCUT2D eigenvalue weighted by molar-refractivity contribution is 5.87. The van der Waals surface area contributed by atoms with E-state index in [0.29, 0.717) is 0 Å². The average Bonchev–Trinajstić information content (AvgIpc) is 2.69. The summed E-state index contributed by atoms with van der Waals surface area (Å²) in [5, 5.41) is 21.0. The Balaban J connectivity index is 2.18. The van der Waals surface area contributed by atoms with Crippen LogP contribution in [0, 0.1) is 0 Å². The lowest BCUT2D eigenvalue weighted by atomic mass is 10.2. The number of nitrogens with one attached hydrogen (secondary N) is 1. The molecule has 0 radical (unpaired) electrons. The quantitative estimate of drug-likeness (QED) is 0.638. The monoisotopic (exact) mass is 269 g/mol. The first-order chi connectivity index (χ1) is 9.01. The number of carbonyl (C=O) groups excluding carboxylic acids is 1. The molecule has 3 atom stereocenters. The van der Waals surface area contributed by atoms with Crippen LogP contribution in [0.15, 0.2) is 17.1 Å². The number of anilines is 1. The highest BCUT2D eigenvalue weighted by Crippen LogP contribution is 2.27. The van der Waals surface area contributed by atoms with Crippen LogP contribution in [0.4, 0.5) is 5.82 Å². The van der Waals surface area contributed by atoms with E-state index in [1.54, 1.807) is 0 Å². The average molecular weight is 269 g/mol. The Labute approximate surface area is 108 Å². The van der Waals surface area contributed by atoms with Gasteiger partial charge in [-0.2, -0.15) is 4.98 Å². The van der Waals surface area contributed by atoms with Crippen molar-refractivity contribution in [3.8, 4) is 0 Å². The van der Waals surface area contributed by atoms with E-state index in [1.165, 1.54) is 23.8 Å². The Morgan fingerprint density at radius 3 is 2.95 bits per heavy atom. The minimum absolute atomic E-state index is 0.158. The second-order valence-corrected chi connectivity index (χ2v) is 4.30. The van der Waals surface area contributed by atoms with Crippen LogP contribution in [-0.2, 0) is 9.53 Å². The number of ether oxygens (including phenoxy) is 1. The fourth-order valence-electron chi connectivity index (χ4n) is 1.93. The van der Waals surface area contributed by atoms with Gasteiger partial charge in [0.2, 0.25) is 5.91 Å². The van der Waals surface area contributed by atoms with Crippen molar-refractivity contribution in [3.05, 3.63) is 22.7 Å². The lowest BCUT2D eigenvalue weighted by molar-refractivity contribution is -0.114. The highest BCUT2D eigenvalue weighted by atomic mass is 16.5. The minimum atomic E-state index is -0.822. The molecule has 8 nitrogen and oxygen atoms in total. The molecule has 3 N–H and O–H groups in total. The van der Waals surface area contributed by atoms with Gasteiger partial charge >= 0.3 is 5.69 Å². The number of carbonyl (C=O) groups is 1. The van der Waals surface area contributed by atoms with E-state index in [0.717, 1.165) is 0 Å². The maximum atomic E-state index is 11.8. The third kappa shape index (κ3) is 2.98. The van der Waals surface area contributed by atoms with Crippen LogP contribution in [-0.4, -0.2) is 44.5 Å². The van der Waals surface area contributed by atoms with Gasteiger partial charge in [0.1, 0.15) is 18.1 Å². The lowest BCUT2D eigenvalue weighted by Gasteiger charge is -2.14.